The fourth-order valence-electron chi connectivity index (χ4n) is 2.24. The zero-order valence-electron chi connectivity index (χ0n) is 12.4. The van der Waals surface area contributed by atoms with E-state index in [1.807, 2.05) is 26.0 Å². The molecule has 3 heteroatoms. The van der Waals surface area contributed by atoms with Gasteiger partial charge >= 0.3 is 0 Å². The smallest absolute Gasteiger partial charge is 0.236 e. The third kappa shape index (κ3) is 3.33. The van der Waals surface area contributed by atoms with Crippen molar-refractivity contribution in [2.75, 3.05) is 14.1 Å². The molecule has 0 spiro atoms. The van der Waals surface area contributed by atoms with Gasteiger partial charge in [0.25, 0.3) is 0 Å². The van der Waals surface area contributed by atoms with Gasteiger partial charge in [-0.3, -0.25) is 9.80 Å². The number of carbonyl (C=O) groups is 1. The van der Waals surface area contributed by atoms with Crippen LogP contribution in [0.1, 0.15) is 35.6 Å². The highest BCUT2D eigenvalue weighted by Crippen LogP contribution is 2.19. The molecule has 18 heavy (non-hydrogen) atoms. The standard InChI is InChI=1S/C15H24N2O/c1-7-15(18)17(16(5)6)10-14-12(3)8-11(2)9-13(14)4/h8-9H,7,10H2,1-6H3. The van der Waals surface area contributed by atoms with Crippen molar-refractivity contribution in [3.8, 4) is 0 Å². The first kappa shape index (κ1) is 14.7. The molecule has 0 aromatic heterocycles. The van der Waals surface area contributed by atoms with Crippen molar-refractivity contribution in [3.05, 3.63) is 34.4 Å². The molecule has 1 amide bonds. The van der Waals surface area contributed by atoms with Gasteiger partial charge in [-0.1, -0.05) is 24.6 Å². The monoisotopic (exact) mass is 248 g/mol. The number of hydrazine groups is 1. The van der Waals surface area contributed by atoms with Crippen LogP contribution in [0.5, 0.6) is 0 Å². The average molecular weight is 248 g/mol. The summed E-state index contributed by atoms with van der Waals surface area (Å²) >= 11 is 0. The molecule has 0 saturated carbocycles. The van der Waals surface area contributed by atoms with Crippen molar-refractivity contribution < 1.29 is 4.79 Å². The number of hydrogen-bond donors (Lipinski definition) is 0. The molecular formula is C15H24N2O. The van der Waals surface area contributed by atoms with E-state index in [0.29, 0.717) is 13.0 Å². The molecule has 0 unspecified atom stereocenters. The van der Waals surface area contributed by atoms with Crippen molar-refractivity contribution in [1.82, 2.24) is 10.0 Å². The van der Waals surface area contributed by atoms with Gasteiger partial charge in [0.1, 0.15) is 0 Å². The lowest BCUT2D eigenvalue weighted by atomic mass is 9.99. The first-order valence-electron chi connectivity index (χ1n) is 6.41. The van der Waals surface area contributed by atoms with Crippen LogP contribution in [0.4, 0.5) is 0 Å². The summed E-state index contributed by atoms with van der Waals surface area (Å²) in [5.74, 6) is 0.152. The Balaban J connectivity index is 3.05. The summed E-state index contributed by atoms with van der Waals surface area (Å²) in [6.07, 6.45) is 0.530. The molecule has 0 aliphatic rings. The molecule has 0 heterocycles. The molecule has 0 radical (unpaired) electrons. The first-order chi connectivity index (χ1) is 8.36. The normalized spacial score (nSPS) is 10.8. The number of nitrogens with zero attached hydrogens (tertiary/aromatic N) is 2. The Hall–Kier alpha value is -1.35. The summed E-state index contributed by atoms with van der Waals surface area (Å²) in [5.41, 5.74) is 5.02. The van der Waals surface area contributed by atoms with Gasteiger partial charge in [-0.2, -0.15) is 0 Å². The van der Waals surface area contributed by atoms with Crippen LogP contribution in [0.25, 0.3) is 0 Å². The molecule has 3 nitrogen and oxygen atoms in total. The van der Waals surface area contributed by atoms with E-state index < -0.39 is 0 Å². The van der Waals surface area contributed by atoms with Gasteiger partial charge in [-0.15, -0.1) is 0 Å². The maximum absolute atomic E-state index is 11.9. The molecule has 0 N–H and O–H groups in total. The Kier molecular flexibility index (Phi) is 4.91. The maximum Gasteiger partial charge on any atom is 0.236 e. The second-order valence-electron chi connectivity index (χ2n) is 5.03. The summed E-state index contributed by atoms with van der Waals surface area (Å²) in [5, 5.41) is 3.66. The van der Waals surface area contributed by atoms with Crippen molar-refractivity contribution >= 4 is 5.91 Å². The molecule has 0 aliphatic carbocycles. The van der Waals surface area contributed by atoms with Crippen molar-refractivity contribution in [2.45, 2.75) is 40.7 Å². The number of rotatable bonds is 4. The van der Waals surface area contributed by atoms with Crippen LogP contribution in [0.2, 0.25) is 0 Å². The lowest BCUT2D eigenvalue weighted by molar-refractivity contribution is -0.145. The highest BCUT2D eigenvalue weighted by molar-refractivity contribution is 5.75. The van der Waals surface area contributed by atoms with E-state index in [-0.39, 0.29) is 5.91 Å². The van der Waals surface area contributed by atoms with Gasteiger partial charge < -0.3 is 0 Å². The molecule has 0 fully saturated rings. The largest absolute Gasteiger partial charge is 0.273 e. The number of aryl methyl sites for hydroxylation is 3. The average Bonchev–Trinajstić information content (AvgIpc) is 2.26. The van der Waals surface area contributed by atoms with Crippen LogP contribution >= 0.6 is 0 Å². The molecule has 0 saturated heterocycles. The lowest BCUT2D eigenvalue weighted by Crippen LogP contribution is -2.41. The van der Waals surface area contributed by atoms with Gasteiger partial charge in [-0.25, -0.2) is 5.01 Å². The van der Waals surface area contributed by atoms with Gasteiger partial charge in [0, 0.05) is 20.5 Å². The Morgan fingerprint density at radius 1 is 1.11 bits per heavy atom. The highest BCUT2D eigenvalue weighted by atomic mass is 16.2. The van der Waals surface area contributed by atoms with E-state index in [2.05, 4.69) is 32.9 Å². The van der Waals surface area contributed by atoms with E-state index in [1.54, 1.807) is 5.01 Å². The molecule has 0 bridgehead atoms. The lowest BCUT2D eigenvalue weighted by Gasteiger charge is -2.30. The fraction of sp³-hybridized carbons (Fsp3) is 0.533. The predicted molar refractivity (Wildman–Crippen MR) is 75.2 cm³/mol. The predicted octanol–water partition coefficient (Wildman–Crippen LogP) is 2.83. The Morgan fingerprint density at radius 2 is 1.61 bits per heavy atom. The van der Waals surface area contributed by atoms with Crippen LogP contribution in [0.15, 0.2) is 12.1 Å². The van der Waals surface area contributed by atoms with Crippen LogP contribution in [0.3, 0.4) is 0 Å². The van der Waals surface area contributed by atoms with Gasteiger partial charge in [0.2, 0.25) is 5.91 Å². The Labute approximate surface area is 110 Å². The quantitative estimate of drug-likeness (QED) is 0.765. The van der Waals surface area contributed by atoms with Crippen LogP contribution < -0.4 is 0 Å². The second kappa shape index (κ2) is 6.01. The molecule has 100 valence electrons. The zero-order valence-corrected chi connectivity index (χ0v) is 12.4. The van der Waals surface area contributed by atoms with Crippen molar-refractivity contribution in [3.63, 3.8) is 0 Å². The molecule has 1 aromatic rings. The summed E-state index contributed by atoms with van der Waals surface area (Å²) in [7, 11) is 3.82. The SMILES string of the molecule is CCC(=O)N(Cc1c(C)cc(C)cc1C)N(C)C. The van der Waals surface area contributed by atoms with Gasteiger partial charge in [-0.05, 0) is 37.5 Å². The minimum atomic E-state index is 0.152. The van der Waals surface area contributed by atoms with Crippen LogP contribution in [-0.4, -0.2) is 30.0 Å². The minimum Gasteiger partial charge on any atom is -0.273 e. The highest BCUT2D eigenvalue weighted by Gasteiger charge is 2.16. The van der Waals surface area contributed by atoms with Crippen LogP contribution in [-0.2, 0) is 11.3 Å². The van der Waals surface area contributed by atoms with E-state index >= 15 is 0 Å². The first-order valence-corrected chi connectivity index (χ1v) is 6.41. The Morgan fingerprint density at radius 3 is 2.00 bits per heavy atom. The number of amides is 1. The molecule has 1 rings (SSSR count). The van der Waals surface area contributed by atoms with Gasteiger partial charge in [0.15, 0.2) is 0 Å². The summed E-state index contributed by atoms with van der Waals surface area (Å²) in [6.45, 7) is 8.87. The topological polar surface area (TPSA) is 23.6 Å². The fourth-order valence-corrected chi connectivity index (χ4v) is 2.24. The third-order valence-electron chi connectivity index (χ3n) is 3.22. The molecule has 0 atom stereocenters. The van der Waals surface area contributed by atoms with Gasteiger partial charge in [0.05, 0.1) is 6.54 Å². The maximum atomic E-state index is 11.9. The third-order valence-corrected chi connectivity index (χ3v) is 3.22. The summed E-state index contributed by atoms with van der Waals surface area (Å²) in [4.78, 5) is 11.9. The number of carbonyl (C=O) groups excluding carboxylic acids is 1. The molecular weight excluding hydrogens is 224 g/mol. The second-order valence-corrected chi connectivity index (χ2v) is 5.03. The zero-order chi connectivity index (χ0) is 13.9. The number of benzene rings is 1. The van der Waals surface area contributed by atoms with E-state index in [9.17, 15) is 4.79 Å². The minimum absolute atomic E-state index is 0.152. The molecule has 0 aliphatic heterocycles. The van der Waals surface area contributed by atoms with Crippen molar-refractivity contribution in [2.24, 2.45) is 0 Å². The molecule has 1 aromatic carbocycles. The van der Waals surface area contributed by atoms with Crippen molar-refractivity contribution in [1.29, 1.82) is 0 Å². The van der Waals surface area contributed by atoms with E-state index in [1.165, 1.54) is 22.3 Å². The number of hydrogen-bond acceptors (Lipinski definition) is 2. The van der Waals surface area contributed by atoms with Crippen LogP contribution in [0, 0.1) is 20.8 Å². The Bertz CT molecular complexity index is 415. The summed E-state index contributed by atoms with van der Waals surface area (Å²) in [6, 6.07) is 4.35. The van der Waals surface area contributed by atoms with E-state index in [0.717, 1.165) is 0 Å². The van der Waals surface area contributed by atoms with E-state index in [4.69, 9.17) is 0 Å². The summed E-state index contributed by atoms with van der Waals surface area (Å²) < 4.78 is 0.